The summed E-state index contributed by atoms with van der Waals surface area (Å²) in [7, 11) is -3.30. The molecule has 4 nitrogen and oxygen atoms in total. The molecule has 1 saturated heterocycles. The average molecular weight is 309 g/mol. The maximum Gasteiger partial charge on any atom is 0.215 e. The SMILES string of the molecule is CC1COCCC1S(=O)(=O)NC1CCCc2ccccc21. The second kappa shape index (κ2) is 6.07. The van der Waals surface area contributed by atoms with Crippen LogP contribution in [-0.4, -0.2) is 26.9 Å². The molecule has 2 aliphatic rings. The molecule has 1 heterocycles. The van der Waals surface area contributed by atoms with Gasteiger partial charge in [0.2, 0.25) is 10.0 Å². The highest BCUT2D eigenvalue weighted by molar-refractivity contribution is 7.90. The van der Waals surface area contributed by atoms with Crippen LogP contribution >= 0.6 is 0 Å². The van der Waals surface area contributed by atoms with E-state index in [1.54, 1.807) is 0 Å². The van der Waals surface area contributed by atoms with Crippen molar-refractivity contribution in [1.29, 1.82) is 0 Å². The highest BCUT2D eigenvalue weighted by atomic mass is 32.2. The van der Waals surface area contributed by atoms with E-state index in [0.717, 1.165) is 24.8 Å². The van der Waals surface area contributed by atoms with Crippen molar-refractivity contribution >= 4 is 10.0 Å². The average Bonchev–Trinajstić information content (AvgIpc) is 2.47. The van der Waals surface area contributed by atoms with Crippen LogP contribution in [0.4, 0.5) is 0 Å². The molecule has 1 aliphatic carbocycles. The maximum absolute atomic E-state index is 12.7. The lowest BCUT2D eigenvalue weighted by Gasteiger charge is -2.32. The number of ether oxygens (including phenoxy) is 1. The highest BCUT2D eigenvalue weighted by Gasteiger charge is 2.35. The minimum Gasteiger partial charge on any atom is -0.381 e. The zero-order valence-electron chi connectivity index (χ0n) is 12.4. The van der Waals surface area contributed by atoms with Gasteiger partial charge in [0.05, 0.1) is 11.9 Å². The Labute approximate surface area is 126 Å². The third-order valence-corrected chi connectivity index (χ3v) is 6.75. The van der Waals surface area contributed by atoms with Gasteiger partial charge in [0.15, 0.2) is 0 Å². The van der Waals surface area contributed by atoms with Gasteiger partial charge in [0.1, 0.15) is 0 Å². The van der Waals surface area contributed by atoms with E-state index < -0.39 is 10.0 Å². The van der Waals surface area contributed by atoms with Crippen molar-refractivity contribution in [2.45, 2.75) is 43.9 Å². The van der Waals surface area contributed by atoms with Crippen LogP contribution in [-0.2, 0) is 21.2 Å². The number of benzene rings is 1. The third-order valence-electron chi connectivity index (χ3n) is 4.64. The van der Waals surface area contributed by atoms with Crippen molar-refractivity contribution in [1.82, 2.24) is 4.72 Å². The van der Waals surface area contributed by atoms with Crippen LogP contribution < -0.4 is 4.72 Å². The molecule has 3 atom stereocenters. The van der Waals surface area contributed by atoms with Gasteiger partial charge in [-0.25, -0.2) is 13.1 Å². The quantitative estimate of drug-likeness (QED) is 0.933. The first-order chi connectivity index (χ1) is 10.1. The van der Waals surface area contributed by atoms with Crippen molar-refractivity contribution in [3.8, 4) is 0 Å². The van der Waals surface area contributed by atoms with Gasteiger partial charge in [0, 0.05) is 12.6 Å². The summed E-state index contributed by atoms with van der Waals surface area (Å²) < 4.78 is 33.7. The molecule has 116 valence electrons. The number of nitrogens with one attached hydrogen (secondary N) is 1. The molecule has 0 radical (unpaired) electrons. The monoisotopic (exact) mass is 309 g/mol. The van der Waals surface area contributed by atoms with Crippen LogP contribution in [0.3, 0.4) is 0 Å². The van der Waals surface area contributed by atoms with E-state index in [1.165, 1.54) is 5.56 Å². The molecule has 1 fully saturated rings. The first-order valence-electron chi connectivity index (χ1n) is 7.74. The van der Waals surface area contributed by atoms with E-state index in [4.69, 9.17) is 4.74 Å². The fraction of sp³-hybridized carbons (Fsp3) is 0.625. The summed E-state index contributed by atoms with van der Waals surface area (Å²) in [5, 5.41) is -0.333. The molecule has 5 heteroatoms. The van der Waals surface area contributed by atoms with E-state index in [1.807, 2.05) is 19.1 Å². The van der Waals surface area contributed by atoms with Gasteiger partial charge in [0.25, 0.3) is 0 Å². The van der Waals surface area contributed by atoms with Crippen molar-refractivity contribution in [3.05, 3.63) is 35.4 Å². The molecule has 0 bridgehead atoms. The lowest BCUT2D eigenvalue weighted by atomic mass is 9.88. The Bertz CT molecular complexity index is 599. The molecule has 3 unspecified atom stereocenters. The maximum atomic E-state index is 12.7. The fourth-order valence-corrected chi connectivity index (χ4v) is 5.40. The number of fused-ring (bicyclic) bond motifs is 1. The van der Waals surface area contributed by atoms with Gasteiger partial charge < -0.3 is 4.74 Å². The largest absolute Gasteiger partial charge is 0.381 e. The van der Waals surface area contributed by atoms with E-state index in [0.29, 0.717) is 19.6 Å². The Morgan fingerprint density at radius 3 is 2.86 bits per heavy atom. The number of rotatable bonds is 3. The summed E-state index contributed by atoms with van der Waals surface area (Å²) in [6.45, 7) is 3.03. The fourth-order valence-electron chi connectivity index (χ4n) is 3.48. The topological polar surface area (TPSA) is 55.4 Å². The van der Waals surface area contributed by atoms with Crippen molar-refractivity contribution in [2.24, 2.45) is 5.92 Å². The molecule has 1 N–H and O–H groups in total. The predicted molar refractivity (Wildman–Crippen MR) is 82.6 cm³/mol. The molecule has 3 rings (SSSR count). The first-order valence-corrected chi connectivity index (χ1v) is 9.29. The number of aryl methyl sites for hydroxylation is 1. The second-order valence-corrected chi connectivity index (χ2v) is 8.12. The minimum absolute atomic E-state index is 0.0510. The standard InChI is InChI=1S/C16H23NO3S/c1-12-11-20-10-9-16(12)21(18,19)17-15-8-4-6-13-5-2-3-7-14(13)15/h2-3,5,7,12,15-17H,4,6,8-11H2,1H3. The molecule has 0 saturated carbocycles. The third kappa shape index (κ3) is 3.15. The van der Waals surface area contributed by atoms with Crippen molar-refractivity contribution in [3.63, 3.8) is 0 Å². The summed E-state index contributed by atoms with van der Waals surface area (Å²) in [6.07, 6.45) is 3.55. The zero-order valence-corrected chi connectivity index (χ0v) is 13.2. The van der Waals surface area contributed by atoms with Crippen LogP contribution in [0.1, 0.15) is 43.4 Å². The smallest absolute Gasteiger partial charge is 0.215 e. The van der Waals surface area contributed by atoms with Gasteiger partial charge in [-0.3, -0.25) is 0 Å². The van der Waals surface area contributed by atoms with Gasteiger partial charge in [-0.05, 0) is 42.7 Å². The molecule has 0 aromatic heterocycles. The molecular weight excluding hydrogens is 286 g/mol. The van der Waals surface area contributed by atoms with Crippen molar-refractivity contribution < 1.29 is 13.2 Å². The van der Waals surface area contributed by atoms with Gasteiger partial charge in [-0.2, -0.15) is 0 Å². The van der Waals surface area contributed by atoms with Gasteiger partial charge >= 0.3 is 0 Å². The Morgan fingerprint density at radius 2 is 2.05 bits per heavy atom. The second-order valence-electron chi connectivity index (χ2n) is 6.19. The van der Waals surface area contributed by atoms with Crippen LogP contribution in [0.25, 0.3) is 0 Å². The molecule has 1 aromatic carbocycles. The summed E-state index contributed by atoms with van der Waals surface area (Å²) in [5.74, 6) is 0.0510. The number of hydrogen-bond acceptors (Lipinski definition) is 3. The Morgan fingerprint density at radius 1 is 1.24 bits per heavy atom. The number of sulfonamides is 1. The summed E-state index contributed by atoms with van der Waals surface area (Å²) >= 11 is 0. The first kappa shape index (κ1) is 15.0. The molecule has 1 aromatic rings. The van der Waals surface area contributed by atoms with Crippen LogP contribution in [0.5, 0.6) is 0 Å². The molecule has 0 spiro atoms. The molecule has 1 aliphatic heterocycles. The lowest BCUT2D eigenvalue weighted by Crippen LogP contribution is -2.44. The van der Waals surface area contributed by atoms with E-state index >= 15 is 0 Å². The van der Waals surface area contributed by atoms with Crippen molar-refractivity contribution in [2.75, 3.05) is 13.2 Å². The van der Waals surface area contributed by atoms with Gasteiger partial charge in [-0.1, -0.05) is 31.2 Å². The lowest BCUT2D eigenvalue weighted by molar-refractivity contribution is 0.0634. The number of hydrogen-bond donors (Lipinski definition) is 1. The Kier molecular flexibility index (Phi) is 4.33. The highest BCUT2D eigenvalue weighted by Crippen LogP contribution is 2.31. The van der Waals surface area contributed by atoms with Crippen LogP contribution in [0, 0.1) is 5.92 Å². The summed E-state index contributed by atoms with van der Waals surface area (Å²) in [6, 6.07) is 8.09. The summed E-state index contributed by atoms with van der Waals surface area (Å²) in [4.78, 5) is 0. The minimum atomic E-state index is -3.30. The predicted octanol–water partition coefficient (Wildman–Crippen LogP) is 2.41. The van der Waals surface area contributed by atoms with E-state index in [2.05, 4.69) is 16.9 Å². The molecule has 0 amide bonds. The molecular formula is C16H23NO3S. The normalized spacial score (nSPS) is 29.9. The Hall–Kier alpha value is -0.910. The van der Waals surface area contributed by atoms with E-state index in [9.17, 15) is 8.42 Å². The Balaban J connectivity index is 1.80. The van der Waals surface area contributed by atoms with Crippen LogP contribution in [0.2, 0.25) is 0 Å². The molecule has 21 heavy (non-hydrogen) atoms. The van der Waals surface area contributed by atoms with Crippen LogP contribution in [0.15, 0.2) is 24.3 Å². The zero-order chi connectivity index (χ0) is 14.9. The summed E-state index contributed by atoms with van der Waals surface area (Å²) in [5.41, 5.74) is 2.42. The van der Waals surface area contributed by atoms with Gasteiger partial charge in [-0.15, -0.1) is 0 Å². The van der Waals surface area contributed by atoms with E-state index in [-0.39, 0.29) is 17.2 Å².